The van der Waals surface area contributed by atoms with Crippen molar-refractivity contribution in [1.82, 2.24) is 0 Å². The zero-order valence-corrected chi connectivity index (χ0v) is 21.7. The summed E-state index contributed by atoms with van der Waals surface area (Å²) in [5, 5.41) is 0. The third-order valence-corrected chi connectivity index (χ3v) is 9.36. The topological polar surface area (TPSA) is 17.1 Å². The van der Waals surface area contributed by atoms with Gasteiger partial charge in [-0.15, -0.1) is 22.7 Å². The molecule has 0 fully saturated rings. The summed E-state index contributed by atoms with van der Waals surface area (Å²) in [5.74, 6) is 0. The third-order valence-electron chi connectivity index (χ3n) is 6.00. The predicted molar refractivity (Wildman–Crippen MR) is 142 cm³/mol. The fourth-order valence-corrected chi connectivity index (χ4v) is 7.53. The first-order valence-corrected chi connectivity index (χ1v) is 15.3. The van der Waals surface area contributed by atoms with E-state index < -0.39 is 10.8 Å². The number of hydrogen-bond donors (Lipinski definition) is 0. The molecule has 170 valence electrons. The molecule has 1 nitrogen and oxygen atoms in total. The van der Waals surface area contributed by atoms with Gasteiger partial charge in [0.2, 0.25) is 0 Å². The second kappa shape index (κ2) is 13.5. The Kier molecular flexibility index (Phi) is 10.8. The zero-order chi connectivity index (χ0) is 21.9. The minimum absolute atomic E-state index is 0.938. The van der Waals surface area contributed by atoms with E-state index in [1.165, 1.54) is 103 Å². The van der Waals surface area contributed by atoms with Gasteiger partial charge in [-0.1, -0.05) is 95.8 Å². The monoisotopic (exact) mass is 474 g/mol. The summed E-state index contributed by atoms with van der Waals surface area (Å²) in [6.07, 6.45) is 19.9. The molecule has 0 N–H and O–H groups in total. The number of unbranched alkanes of at least 4 members (excludes halogenated alkanes) is 11. The van der Waals surface area contributed by atoms with Gasteiger partial charge >= 0.3 is 0 Å². The highest BCUT2D eigenvalue weighted by Gasteiger charge is 2.12. The first-order chi connectivity index (χ1) is 15.2. The SMILES string of the molecule is CCCCCCCCCCCCCCc1cc2sc(-c3ccccc3S(C)=O)cc2s1. The van der Waals surface area contributed by atoms with E-state index >= 15 is 0 Å². The van der Waals surface area contributed by atoms with Crippen LogP contribution in [0.3, 0.4) is 0 Å². The first-order valence-electron chi connectivity index (χ1n) is 12.1. The van der Waals surface area contributed by atoms with Crippen molar-refractivity contribution in [2.24, 2.45) is 0 Å². The van der Waals surface area contributed by atoms with E-state index in [9.17, 15) is 4.21 Å². The summed E-state index contributed by atoms with van der Waals surface area (Å²) < 4.78 is 14.8. The summed E-state index contributed by atoms with van der Waals surface area (Å²) in [4.78, 5) is 3.70. The molecule has 3 rings (SSSR count). The van der Waals surface area contributed by atoms with E-state index in [-0.39, 0.29) is 0 Å². The average molecular weight is 475 g/mol. The molecule has 2 heterocycles. The Morgan fingerprint density at radius 2 is 1.32 bits per heavy atom. The van der Waals surface area contributed by atoms with Crippen LogP contribution in [0, 0.1) is 0 Å². The van der Waals surface area contributed by atoms with Crippen LogP contribution in [-0.4, -0.2) is 10.5 Å². The number of rotatable bonds is 15. The minimum Gasteiger partial charge on any atom is -0.255 e. The molecule has 1 aromatic carbocycles. The van der Waals surface area contributed by atoms with E-state index in [4.69, 9.17) is 0 Å². The van der Waals surface area contributed by atoms with E-state index in [0.29, 0.717) is 0 Å². The van der Waals surface area contributed by atoms with Crippen LogP contribution < -0.4 is 0 Å². The van der Waals surface area contributed by atoms with Gasteiger partial charge in [-0.25, -0.2) is 0 Å². The van der Waals surface area contributed by atoms with Crippen molar-refractivity contribution < 1.29 is 4.21 Å². The summed E-state index contributed by atoms with van der Waals surface area (Å²) in [6.45, 7) is 2.29. The summed E-state index contributed by atoms with van der Waals surface area (Å²) >= 11 is 3.78. The van der Waals surface area contributed by atoms with Crippen molar-refractivity contribution in [2.45, 2.75) is 95.3 Å². The highest BCUT2D eigenvalue weighted by molar-refractivity contribution is 7.84. The van der Waals surface area contributed by atoms with Crippen LogP contribution in [0.2, 0.25) is 0 Å². The number of fused-ring (bicyclic) bond motifs is 1. The molecule has 0 aliphatic rings. The van der Waals surface area contributed by atoms with Gasteiger partial charge in [-0.3, -0.25) is 4.21 Å². The van der Waals surface area contributed by atoms with Crippen molar-refractivity contribution in [1.29, 1.82) is 0 Å². The van der Waals surface area contributed by atoms with Crippen molar-refractivity contribution in [3.63, 3.8) is 0 Å². The second-order valence-corrected chi connectivity index (χ2v) is 12.2. The van der Waals surface area contributed by atoms with Gasteiger partial charge in [0.25, 0.3) is 0 Å². The molecule has 0 radical (unpaired) electrons. The first kappa shape index (κ1) is 24.7. The smallest absolute Gasteiger partial charge is 0.0504 e. The maximum atomic E-state index is 12.1. The Labute approximate surface area is 199 Å². The number of thiophene rings is 2. The number of benzene rings is 1. The lowest BCUT2D eigenvalue weighted by atomic mass is 10.0. The van der Waals surface area contributed by atoms with Gasteiger partial charge in [-0.05, 0) is 31.0 Å². The van der Waals surface area contributed by atoms with Crippen molar-refractivity contribution in [2.75, 3.05) is 6.26 Å². The molecule has 31 heavy (non-hydrogen) atoms. The second-order valence-electron chi connectivity index (χ2n) is 8.64. The Hall–Kier alpha value is -0.970. The Balaban J connectivity index is 1.35. The molecule has 1 unspecified atom stereocenters. The largest absolute Gasteiger partial charge is 0.255 e. The van der Waals surface area contributed by atoms with Gasteiger partial charge in [0, 0.05) is 35.9 Å². The molecule has 0 aliphatic carbocycles. The van der Waals surface area contributed by atoms with Gasteiger partial charge in [-0.2, -0.15) is 0 Å². The lowest BCUT2D eigenvalue weighted by molar-refractivity contribution is 0.544. The maximum Gasteiger partial charge on any atom is 0.0504 e. The van der Waals surface area contributed by atoms with Crippen LogP contribution >= 0.6 is 22.7 Å². The number of aryl methyl sites for hydroxylation is 1. The van der Waals surface area contributed by atoms with Crippen LogP contribution in [0.1, 0.15) is 88.9 Å². The molecule has 0 aliphatic heterocycles. The van der Waals surface area contributed by atoms with E-state index in [2.05, 4.69) is 25.1 Å². The summed E-state index contributed by atoms with van der Waals surface area (Å²) in [5.41, 5.74) is 1.12. The molecular formula is C27H38OS3. The van der Waals surface area contributed by atoms with Crippen LogP contribution in [0.5, 0.6) is 0 Å². The van der Waals surface area contributed by atoms with Crippen LogP contribution in [0.15, 0.2) is 41.3 Å². The molecule has 0 saturated carbocycles. The van der Waals surface area contributed by atoms with Crippen LogP contribution in [-0.2, 0) is 17.2 Å². The molecular weight excluding hydrogens is 436 g/mol. The Bertz CT molecular complexity index is 906. The molecule has 2 aromatic heterocycles. The normalized spacial score (nSPS) is 12.6. The third kappa shape index (κ3) is 7.83. The average Bonchev–Trinajstić information content (AvgIpc) is 3.33. The molecule has 1 atom stereocenters. The Morgan fingerprint density at radius 3 is 1.94 bits per heavy atom. The van der Waals surface area contributed by atoms with Gasteiger partial charge < -0.3 is 0 Å². The van der Waals surface area contributed by atoms with Crippen molar-refractivity contribution >= 4 is 42.9 Å². The van der Waals surface area contributed by atoms with Crippen molar-refractivity contribution in [3.05, 3.63) is 41.3 Å². The van der Waals surface area contributed by atoms with Crippen LogP contribution in [0.25, 0.3) is 19.8 Å². The van der Waals surface area contributed by atoms with E-state index in [1.807, 2.05) is 40.9 Å². The molecule has 0 bridgehead atoms. The highest BCUT2D eigenvalue weighted by atomic mass is 32.2. The summed E-state index contributed by atoms with van der Waals surface area (Å²) in [7, 11) is -0.957. The van der Waals surface area contributed by atoms with Crippen molar-refractivity contribution in [3.8, 4) is 10.4 Å². The molecule has 0 amide bonds. The van der Waals surface area contributed by atoms with E-state index in [0.717, 1.165) is 10.5 Å². The van der Waals surface area contributed by atoms with Gasteiger partial charge in [0.1, 0.15) is 0 Å². The molecule has 0 spiro atoms. The minimum atomic E-state index is -0.957. The number of hydrogen-bond acceptors (Lipinski definition) is 3. The molecule has 3 aromatic rings. The highest BCUT2D eigenvalue weighted by Crippen LogP contribution is 2.40. The molecule has 4 heteroatoms. The quantitative estimate of drug-likeness (QED) is 0.200. The molecule has 0 saturated heterocycles. The van der Waals surface area contributed by atoms with E-state index in [1.54, 1.807) is 6.26 Å². The lowest BCUT2D eigenvalue weighted by Gasteiger charge is -2.04. The predicted octanol–water partition coefficient (Wildman–Crippen LogP) is 9.61. The fraction of sp³-hybridized carbons (Fsp3) is 0.556. The lowest BCUT2D eigenvalue weighted by Crippen LogP contribution is -1.89. The zero-order valence-electron chi connectivity index (χ0n) is 19.3. The van der Waals surface area contributed by atoms with Crippen LogP contribution in [0.4, 0.5) is 0 Å². The Morgan fingerprint density at radius 1 is 0.742 bits per heavy atom. The fourth-order valence-electron chi connectivity index (χ4n) is 4.20. The maximum absolute atomic E-state index is 12.1. The van der Waals surface area contributed by atoms with Gasteiger partial charge in [0.15, 0.2) is 0 Å². The summed E-state index contributed by atoms with van der Waals surface area (Å²) in [6, 6.07) is 12.8. The van der Waals surface area contributed by atoms with Gasteiger partial charge in [0.05, 0.1) is 10.8 Å². The standard InChI is InChI=1S/C27H38OS3/c1-3-4-5-6-7-8-9-10-11-12-13-14-17-22-20-25-26(29-22)21-24(30-25)23-18-15-16-19-27(23)31(2)28/h15-16,18-21H,3-14,17H2,1-2H3.